The van der Waals surface area contributed by atoms with Crippen molar-refractivity contribution in [2.45, 2.75) is 6.42 Å². The number of ether oxygens (including phenoxy) is 1. The second kappa shape index (κ2) is 3.51. The number of fused-ring (bicyclic) bond motifs is 1. The summed E-state index contributed by atoms with van der Waals surface area (Å²) in [5.74, 6) is 6.83. The standard InChI is InChI=1S/C11H11NO/c12-6-1-2-9-3-4-11-10(8-9)5-7-13-11/h3-4,8H,5-7,12H2. The molecule has 2 N–H and O–H groups in total. The molecule has 0 saturated carbocycles. The van der Waals surface area contributed by atoms with Crippen molar-refractivity contribution in [3.63, 3.8) is 0 Å². The topological polar surface area (TPSA) is 35.2 Å². The summed E-state index contributed by atoms with van der Waals surface area (Å²) in [5, 5.41) is 0. The summed E-state index contributed by atoms with van der Waals surface area (Å²) in [6, 6.07) is 6.01. The van der Waals surface area contributed by atoms with Gasteiger partial charge in [0.05, 0.1) is 13.2 Å². The molecule has 1 aromatic rings. The lowest BCUT2D eigenvalue weighted by molar-refractivity contribution is 0.357. The van der Waals surface area contributed by atoms with Crippen molar-refractivity contribution >= 4 is 0 Å². The first-order valence-electron chi connectivity index (χ1n) is 4.35. The van der Waals surface area contributed by atoms with Crippen LogP contribution in [0, 0.1) is 11.8 Å². The van der Waals surface area contributed by atoms with Gasteiger partial charge in [-0.2, -0.15) is 0 Å². The lowest BCUT2D eigenvalue weighted by atomic mass is 10.1. The van der Waals surface area contributed by atoms with E-state index in [-0.39, 0.29) is 0 Å². The Morgan fingerprint density at radius 1 is 1.46 bits per heavy atom. The van der Waals surface area contributed by atoms with Gasteiger partial charge in [-0.05, 0) is 23.8 Å². The molecule has 0 bridgehead atoms. The molecule has 0 spiro atoms. The van der Waals surface area contributed by atoms with Crippen LogP contribution in [0.5, 0.6) is 5.75 Å². The molecule has 0 aliphatic carbocycles. The number of rotatable bonds is 0. The van der Waals surface area contributed by atoms with E-state index >= 15 is 0 Å². The normalized spacial score (nSPS) is 12.7. The fourth-order valence-corrected chi connectivity index (χ4v) is 1.42. The molecule has 13 heavy (non-hydrogen) atoms. The fraction of sp³-hybridized carbons (Fsp3) is 0.273. The number of hydrogen-bond donors (Lipinski definition) is 1. The zero-order valence-corrected chi connectivity index (χ0v) is 7.34. The molecule has 1 heterocycles. The highest BCUT2D eigenvalue weighted by Crippen LogP contribution is 2.25. The molecule has 1 aliphatic heterocycles. The first kappa shape index (κ1) is 8.15. The minimum atomic E-state index is 0.410. The highest BCUT2D eigenvalue weighted by molar-refractivity contribution is 5.45. The van der Waals surface area contributed by atoms with Crippen LogP contribution in [0.25, 0.3) is 0 Å². The minimum Gasteiger partial charge on any atom is -0.493 e. The fourth-order valence-electron chi connectivity index (χ4n) is 1.42. The summed E-state index contributed by atoms with van der Waals surface area (Å²) in [4.78, 5) is 0. The summed E-state index contributed by atoms with van der Waals surface area (Å²) in [6.45, 7) is 1.21. The summed E-state index contributed by atoms with van der Waals surface area (Å²) < 4.78 is 5.39. The Morgan fingerprint density at radius 2 is 2.38 bits per heavy atom. The highest BCUT2D eigenvalue weighted by atomic mass is 16.5. The van der Waals surface area contributed by atoms with Crippen LogP contribution < -0.4 is 10.5 Å². The van der Waals surface area contributed by atoms with E-state index < -0.39 is 0 Å². The Morgan fingerprint density at radius 3 is 3.23 bits per heavy atom. The Labute approximate surface area is 77.7 Å². The number of nitrogens with two attached hydrogens (primary N) is 1. The first-order chi connectivity index (χ1) is 6.40. The zero-order valence-electron chi connectivity index (χ0n) is 7.34. The average molecular weight is 173 g/mol. The third-order valence-electron chi connectivity index (χ3n) is 2.02. The molecule has 66 valence electrons. The van der Waals surface area contributed by atoms with Gasteiger partial charge in [0, 0.05) is 12.0 Å². The van der Waals surface area contributed by atoms with Gasteiger partial charge in [0.15, 0.2) is 0 Å². The largest absolute Gasteiger partial charge is 0.493 e. The number of benzene rings is 1. The van der Waals surface area contributed by atoms with Crippen LogP contribution in [-0.4, -0.2) is 13.2 Å². The number of hydrogen-bond acceptors (Lipinski definition) is 2. The predicted octanol–water partition coefficient (Wildman–Crippen LogP) is 0.932. The summed E-state index contributed by atoms with van der Waals surface area (Å²) in [7, 11) is 0. The van der Waals surface area contributed by atoms with E-state index in [9.17, 15) is 0 Å². The van der Waals surface area contributed by atoms with Crippen molar-refractivity contribution in [2.24, 2.45) is 5.73 Å². The van der Waals surface area contributed by atoms with Crippen LogP contribution >= 0.6 is 0 Å². The van der Waals surface area contributed by atoms with Gasteiger partial charge < -0.3 is 10.5 Å². The molecular formula is C11H11NO. The van der Waals surface area contributed by atoms with Gasteiger partial charge >= 0.3 is 0 Å². The Kier molecular flexibility index (Phi) is 2.20. The summed E-state index contributed by atoms with van der Waals surface area (Å²) in [5.41, 5.74) is 7.57. The van der Waals surface area contributed by atoms with Crippen molar-refractivity contribution in [1.82, 2.24) is 0 Å². The van der Waals surface area contributed by atoms with Crippen molar-refractivity contribution in [2.75, 3.05) is 13.2 Å². The first-order valence-corrected chi connectivity index (χ1v) is 4.35. The Hall–Kier alpha value is -1.46. The molecule has 0 unspecified atom stereocenters. The molecule has 2 heteroatoms. The molecule has 0 fully saturated rings. The lowest BCUT2D eigenvalue weighted by Crippen LogP contribution is -1.93. The van der Waals surface area contributed by atoms with Crippen LogP contribution in [0.4, 0.5) is 0 Å². The minimum absolute atomic E-state index is 0.410. The quantitative estimate of drug-likeness (QED) is 0.592. The molecule has 2 nitrogen and oxygen atoms in total. The lowest BCUT2D eigenvalue weighted by Gasteiger charge is -1.97. The second-order valence-corrected chi connectivity index (χ2v) is 2.93. The van der Waals surface area contributed by atoms with Crippen LogP contribution in [0.1, 0.15) is 11.1 Å². The van der Waals surface area contributed by atoms with E-state index in [0.29, 0.717) is 6.54 Å². The zero-order chi connectivity index (χ0) is 9.10. The summed E-state index contributed by atoms with van der Waals surface area (Å²) in [6.07, 6.45) is 0.994. The van der Waals surface area contributed by atoms with Crippen LogP contribution in [0.15, 0.2) is 18.2 Å². The summed E-state index contributed by atoms with van der Waals surface area (Å²) >= 11 is 0. The molecule has 1 aliphatic rings. The van der Waals surface area contributed by atoms with Crippen molar-refractivity contribution in [1.29, 1.82) is 0 Å². The molecule has 0 aromatic heterocycles. The van der Waals surface area contributed by atoms with E-state index in [1.165, 1.54) is 5.56 Å². The molecule has 1 aromatic carbocycles. The van der Waals surface area contributed by atoms with Crippen molar-refractivity contribution in [3.05, 3.63) is 29.3 Å². The van der Waals surface area contributed by atoms with E-state index in [0.717, 1.165) is 24.3 Å². The van der Waals surface area contributed by atoms with Gasteiger partial charge in [0.2, 0.25) is 0 Å². The molecule has 0 saturated heterocycles. The van der Waals surface area contributed by atoms with Gasteiger partial charge in [0.25, 0.3) is 0 Å². The maximum absolute atomic E-state index is 5.39. The van der Waals surface area contributed by atoms with Crippen molar-refractivity contribution in [3.8, 4) is 17.6 Å². The highest BCUT2D eigenvalue weighted by Gasteiger charge is 2.10. The van der Waals surface area contributed by atoms with Gasteiger partial charge in [0.1, 0.15) is 5.75 Å². The monoisotopic (exact) mass is 173 g/mol. The Bertz CT molecular complexity index is 373. The molecule has 0 amide bonds. The van der Waals surface area contributed by atoms with Gasteiger partial charge in [-0.3, -0.25) is 0 Å². The molecule has 0 atom stereocenters. The van der Waals surface area contributed by atoms with E-state index in [1.54, 1.807) is 0 Å². The predicted molar refractivity (Wildman–Crippen MR) is 51.6 cm³/mol. The van der Waals surface area contributed by atoms with Crippen LogP contribution in [-0.2, 0) is 6.42 Å². The van der Waals surface area contributed by atoms with Crippen LogP contribution in [0.2, 0.25) is 0 Å². The van der Waals surface area contributed by atoms with E-state index in [2.05, 4.69) is 17.9 Å². The van der Waals surface area contributed by atoms with E-state index in [1.807, 2.05) is 12.1 Å². The Balaban J connectivity index is 2.31. The third-order valence-corrected chi connectivity index (χ3v) is 2.02. The SMILES string of the molecule is NCC#Cc1ccc2c(c1)CCO2. The smallest absolute Gasteiger partial charge is 0.122 e. The molecule has 0 radical (unpaired) electrons. The average Bonchev–Trinajstić information content (AvgIpc) is 2.61. The van der Waals surface area contributed by atoms with E-state index in [4.69, 9.17) is 10.5 Å². The van der Waals surface area contributed by atoms with Gasteiger partial charge in [-0.15, -0.1) is 0 Å². The van der Waals surface area contributed by atoms with Crippen LogP contribution in [0.3, 0.4) is 0 Å². The molecule has 2 rings (SSSR count). The second-order valence-electron chi connectivity index (χ2n) is 2.93. The van der Waals surface area contributed by atoms with Gasteiger partial charge in [-0.25, -0.2) is 0 Å². The maximum atomic E-state index is 5.39. The molecular weight excluding hydrogens is 162 g/mol. The maximum Gasteiger partial charge on any atom is 0.122 e. The third kappa shape index (κ3) is 1.66. The van der Waals surface area contributed by atoms with Crippen molar-refractivity contribution < 1.29 is 4.74 Å². The van der Waals surface area contributed by atoms with Gasteiger partial charge in [-0.1, -0.05) is 11.8 Å².